The monoisotopic (exact) mass is 459 g/mol. The molecule has 1 aliphatic carbocycles. The summed E-state index contributed by atoms with van der Waals surface area (Å²) in [7, 11) is 0. The molecule has 0 spiro atoms. The number of amides is 1. The van der Waals surface area contributed by atoms with Gasteiger partial charge in [-0.1, -0.05) is 12.8 Å². The van der Waals surface area contributed by atoms with Crippen molar-refractivity contribution in [2.75, 3.05) is 18.5 Å². The second-order valence-corrected chi connectivity index (χ2v) is 8.59. The molecule has 0 bridgehead atoms. The van der Waals surface area contributed by atoms with Gasteiger partial charge in [0.1, 0.15) is 0 Å². The molecule has 0 aliphatic heterocycles. The number of aliphatic hydroxyl groups is 1. The topological polar surface area (TPSA) is 129 Å². The van der Waals surface area contributed by atoms with Crippen LogP contribution in [0.1, 0.15) is 54.1 Å². The van der Waals surface area contributed by atoms with Crippen molar-refractivity contribution in [1.82, 2.24) is 25.1 Å². The van der Waals surface area contributed by atoms with Gasteiger partial charge in [0.05, 0.1) is 37.0 Å². The van der Waals surface area contributed by atoms with Crippen molar-refractivity contribution in [3.8, 4) is 17.3 Å². The Bertz CT molecular complexity index is 1160. The van der Waals surface area contributed by atoms with E-state index in [4.69, 9.17) is 10.1 Å². The van der Waals surface area contributed by atoms with Crippen LogP contribution in [-0.4, -0.2) is 43.9 Å². The fourth-order valence-electron chi connectivity index (χ4n) is 4.45. The molecule has 2 aromatic heterocycles. The summed E-state index contributed by atoms with van der Waals surface area (Å²) in [6.45, 7) is 2.07. The van der Waals surface area contributed by atoms with E-state index in [-0.39, 0.29) is 25.1 Å². The minimum atomic E-state index is -0.237. The van der Waals surface area contributed by atoms with Gasteiger partial charge in [0.15, 0.2) is 0 Å². The maximum Gasteiger partial charge on any atom is 0.251 e. The Kier molecular flexibility index (Phi) is 7.50. The minimum Gasteiger partial charge on any atom is -0.395 e. The molecule has 0 radical (unpaired) electrons. The third-order valence-corrected chi connectivity index (χ3v) is 6.23. The van der Waals surface area contributed by atoms with Gasteiger partial charge >= 0.3 is 0 Å². The van der Waals surface area contributed by atoms with Crippen LogP contribution >= 0.6 is 0 Å². The molecule has 1 saturated carbocycles. The Labute approximate surface area is 198 Å². The Balaban J connectivity index is 1.50. The van der Waals surface area contributed by atoms with E-state index >= 15 is 0 Å². The SMILES string of the molecule is Cc1cnc(Nc2ccc(C(=O)NCCO)cc2)nc1-c1cnn(C(CC#N)C2CCCC2)c1. The Morgan fingerprint density at radius 2 is 2.03 bits per heavy atom. The van der Waals surface area contributed by atoms with Crippen molar-refractivity contribution in [2.24, 2.45) is 5.92 Å². The molecular weight excluding hydrogens is 430 g/mol. The van der Waals surface area contributed by atoms with Gasteiger partial charge in [-0.3, -0.25) is 9.48 Å². The molecule has 1 aliphatic rings. The molecule has 1 aromatic carbocycles. The van der Waals surface area contributed by atoms with E-state index in [1.807, 2.05) is 17.8 Å². The van der Waals surface area contributed by atoms with Crippen molar-refractivity contribution in [1.29, 1.82) is 5.26 Å². The second-order valence-electron chi connectivity index (χ2n) is 8.59. The van der Waals surface area contributed by atoms with E-state index in [0.29, 0.717) is 23.9 Å². The zero-order valence-corrected chi connectivity index (χ0v) is 19.2. The number of benzene rings is 1. The zero-order valence-electron chi connectivity index (χ0n) is 19.2. The first-order valence-electron chi connectivity index (χ1n) is 11.6. The number of carbonyl (C=O) groups excluding carboxylic acids is 1. The maximum atomic E-state index is 12.0. The van der Waals surface area contributed by atoms with Crippen molar-refractivity contribution in [2.45, 2.75) is 45.1 Å². The van der Waals surface area contributed by atoms with Crippen LogP contribution in [0, 0.1) is 24.2 Å². The number of carbonyl (C=O) groups is 1. The number of aromatic nitrogens is 4. The lowest BCUT2D eigenvalue weighted by molar-refractivity contribution is 0.0945. The minimum absolute atomic E-state index is 0.0917. The molecule has 1 atom stereocenters. The smallest absolute Gasteiger partial charge is 0.251 e. The van der Waals surface area contributed by atoms with Crippen LogP contribution < -0.4 is 10.6 Å². The predicted octanol–water partition coefficient (Wildman–Crippen LogP) is 3.76. The molecule has 1 unspecified atom stereocenters. The number of hydrogen-bond donors (Lipinski definition) is 3. The molecule has 1 fully saturated rings. The van der Waals surface area contributed by atoms with Gasteiger partial charge in [0.2, 0.25) is 5.95 Å². The van der Waals surface area contributed by atoms with Gasteiger partial charge in [-0.25, -0.2) is 9.97 Å². The number of nitriles is 1. The van der Waals surface area contributed by atoms with Crippen LogP contribution in [0.3, 0.4) is 0 Å². The van der Waals surface area contributed by atoms with E-state index in [1.165, 1.54) is 12.8 Å². The average Bonchev–Trinajstić information content (AvgIpc) is 3.55. The van der Waals surface area contributed by atoms with E-state index in [9.17, 15) is 10.1 Å². The fourth-order valence-corrected chi connectivity index (χ4v) is 4.45. The number of hydrogen-bond acceptors (Lipinski definition) is 7. The first-order chi connectivity index (χ1) is 16.6. The van der Waals surface area contributed by atoms with Crippen LogP contribution in [0.2, 0.25) is 0 Å². The summed E-state index contributed by atoms with van der Waals surface area (Å²) in [6.07, 6.45) is 10.7. The molecule has 3 N–H and O–H groups in total. The largest absolute Gasteiger partial charge is 0.395 e. The molecule has 0 saturated heterocycles. The fraction of sp³-hybridized carbons (Fsp3) is 0.400. The Morgan fingerprint density at radius 3 is 2.74 bits per heavy atom. The van der Waals surface area contributed by atoms with E-state index in [0.717, 1.165) is 35.3 Å². The van der Waals surface area contributed by atoms with Crippen LogP contribution in [0.4, 0.5) is 11.6 Å². The normalized spacial score (nSPS) is 14.5. The zero-order chi connectivity index (χ0) is 23.9. The second kappa shape index (κ2) is 10.9. The first-order valence-corrected chi connectivity index (χ1v) is 11.6. The van der Waals surface area contributed by atoms with Gasteiger partial charge < -0.3 is 15.7 Å². The van der Waals surface area contributed by atoms with Crippen LogP contribution in [0.15, 0.2) is 42.9 Å². The summed E-state index contributed by atoms with van der Waals surface area (Å²) in [6, 6.07) is 9.38. The highest BCUT2D eigenvalue weighted by molar-refractivity contribution is 5.94. The number of nitrogens with one attached hydrogen (secondary N) is 2. The number of aliphatic hydroxyl groups excluding tert-OH is 1. The summed E-state index contributed by atoms with van der Waals surface area (Å²) < 4.78 is 1.93. The molecule has 176 valence electrons. The van der Waals surface area contributed by atoms with Crippen LogP contribution in [0.5, 0.6) is 0 Å². The molecule has 1 amide bonds. The van der Waals surface area contributed by atoms with Crippen molar-refractivity contribution < 1.29 is 9.90 Å². The third kappa shape index (κ3) is 5.41. The predicted molar refractivity (Wildman–Crippen MR) is 128 cm³/mol. The molecule has 9 heteroatoms. The number of nitrogens with zero attached hydrogens (tertiary/aromatic N) is 5. The molecule has 4 rings (SSSR count). The summed E-state index contributed by atoms with van der Waals surface area (Å²) in [5, 5.41) is 28.6. The van der Waals surface area contributed by atoms with E-state index < -0.39 is 0 Å². The Hall–Kier alpha value is -3.77. The van der Waals surface area contributed by atoms with E-state index in [1.54, 1.807) is 36.7 Å². The molecular formula is C25H29N7O2. The molecule has 2 heterocycles. The molecule has 3 aromatic rings. The standard InChI is InChI=1S/C25H29N7O2/c1-17-14-28-25(30-21-8-6-19(7-9-21)24(34)27-12-13-33)31-23(17)20-15-29-32(16-20)22(10-11-26)18-4-2-3-5-18/h6-9,14-16,18,22,33H,2-5,10,12-13H2,1H3,(H,27,34)(H,28,30,31). The highest BCUT2D eigenvalue weighted by atomic mass is 16.3. The Morgan fingerprint density at radius 1 is 1.26 bits per heavy atom. The highest BCUT2D eigenvalue weighted by Gasteiger charge is 2.27. The lowest BCUT2D eigenvalue weighted by Crippen LogP contribution is -2.26. The van der Waals surface area contributed by atoms with Crippen molar-refractivity contribution in [3.63, 3.8) is 0 Å². The summed E-state index contributed by atoms with van der Waals surface area (Å²) in [5.41, 5.74) is 3.86. The van der Waals surface area contributed by atoms with Crippen LogP contribution in [0.25, 0.3) is 11.3 Å². The van der Waals surface area contributed by atoms with Gasteiger partial charge in [0.25, 0.3) is 5.91 Å². The van der Waals surface area contributed by atoms with Gasteiger partial charge in [-0.05, 0) is 55.5 Å². The lowest BCUT2D eigenvalue weighted by atomic mass is 9.96. The number of aryl methyl sites for hydroxylation is 1. The third-order valence-electron chi connectivity index (χ3n) is 6.23. The lowest BCUT2D eigenvalue weighted by Gasteiger charge is -2.21. The summed E-state index contributed by atoms with van der Waals surface area (Å²) in [4.78, 5) is 21.1. The van der Waals surface area contributed by atoms with Crippen molar-refractivity contribution >= 4 is 17.5 Å². The first kappa shape index (κ1) is 23.4. The van der Waals surface area contributed by atoms with Gasteiger partial charge in [0, 0.05) is 35.8 Å². The number of rotatable bonds is 9. The number of anilines is 2. The summed E-state index contributed by atoms with van der Waals surface area (Å²) in [5.74, 6) is 0.693. The molecule has 34 heavy (non-hydrogen) atoms. The highest BCUT2D eigenvalue weighted by Crippen LogP contribution is 2.36. The maximum absolute atomic E-state index is 12.0. The summed E-state index contributed by atoms with van der Waals surface area (Å²) >= 11 is 0. The van der Waals surface area contributed by atoms with Gasteiger partial charge in [-0.15, -0.1) is 0 Å². The van der Waals surface area contributed by atoms with E-state index in [2.05, 4.69) is 26.8 Å². The quantitative estimate of drug-likeness (QED) is 0.444. The average molecular weight is 460 g/mol. The van der Waals surface area contributed by atoms with Crippen LogP contribution in [-0.2, 0) is 0 Å². The van der Waals surface area contributed by atoms with Gasteiger partial charge in [-0.2, -0.15) is 10.4 Å². The molecule has 9 nitrogen and oxygen atoms in total. The van der Waals surface area contributed by atoms with Crippen molar-refractivity contribution in [3.05, 3.63) is 54.0 Å².